The molecule has 3 rings (SSSR count). The van der Waals surface area contributed by atoms with Crippen molar-refractivity contribution in [3.63, 3.8) is 0 Å². The Labute approximate surface area is 332 Å². The van der Waals surface area contributed by atoms with E-state index in [4.69, 9.17) is 24.5 Å². The molecule has 0 saturated carbocycles. The van der Waals surface area contributed by atoms with E-state index >= 15 is 0 Å². The molecule has 1 aromatic rings. The first-order valence-corrected chi connectivity index (χ1v) is 23.9. The van der Waals surface area contributed by atoms with Crippen LogP contribution in [0.2, 0.25) is 0 Å². The Hall–Kier alpha value is -1.66. The normalized spacial score (nSPS) is 30.9. The van der Waals surface area contributed by atoms with Gasteiger partial charge in [-0.25, -0.2) is 29.3 Å². The number of thiol groups is 1. The van der Waals surface area contributed by atoms with Crippen LogP contribution in [0.15, 0.2) is 24.3 Å². The Morgan fingerprint density at radius 2 is 0.931 bits per heavy atom. The average molecular weight is 1010 g/mol. The van der Waals surface area contributed by atoms with E-state index < -0.39 is 152 Å². The van der Waals surface area contributed by atoms with E-state index in [1.54, 1.807) is 0 Å². The number of nitrogens with two attached hydrogens (primary N) is 1. The van der Waals surface area contributed by atoms with E-state index in [2.05, 4.69) is 41.9 Å². The lowest BCUT2D eigenvalue weighted by atomic mass is 9.90. The molecule has 2 aliphatic rings. The molecule has 0 spiro atoms. The first kappa shape index (κ1) is 50.7. The lowest BCUT2D eigenvalue weighted by Gasteiger charge is -2.51. The fraction of sp³-hybridized carbons (Fsp3) is 0.667. The minimum absolute atomic E-state index is 0.0354. The highest BCUT2D eigenvalue weighted by Crippen LogP contribution is 2.47. The quantitative estimate of drug-likeness (QED) is 0.0358. The van der Waals surface area contributed by atoms with Gasteiger partial charge in [-0.3, -0.25) is 31.9 Å². The van der Waals surface area contributed by atoms with Gasteiger partial charge in [0.25, 0.3) is 0 Å². The van der Waals surface area contributed by atoms with Crippen LogP contribution in [-0.4, -0.2) is 159 Å². The summed E-state index contributed by atoms with van der Waals surface area (Å²) in [6, 6.07) is 3.99. The maximum atomic E-state index is 12.2. The van der Waals surface area contributed by atoms with Crippen molar-refractivity contribution in [2.24, 2.45) is 0 Å². The van der Waals surface area contributed by atoms with Crippen LogP contribution >= 0.6 is 12.6 Å². The van der Waals surface area contributed by atoms with Gasteiger partial charge in [-0.05, 0) is 17.7 Å². The van der Waals surface area contributed by atoms with Crippen molar-refractivity contribution < 1.29 is 134 Å². The maximum absolute atomic E-state index is 12.2. The summed E-state index contributed by atoms with van der Waals surface area (Å²) in [5.41, 5.74) is 5.12. The Morgan fingerprint density at radius 3 is 1.36 bits per heavy atom. The van der Waals surface area contributed by atoms with Gasteiger partial charge in [0.2, 0.25) is 0 Å². The monoisotopic (exact) mass is 1010 g/mol. The number of anilines is 1. The minimum atomic E-state index is -6.13. The van der Waals surface area contributed by atoms with Crippen LogP contribution in [0.5, 0.6) is 0 Å². The summed E-state index contributed by atoms with van der Waals surface area (Å²) in [6.07, 6.45) is -27.2. The summed E-state index contributed by atoms with van der Waals surface area (Å²) in [7, 11) is -41.5. The molecule has 0 bridgehead atoms. The maximum Gasteiger partial charge on any atom is 0.397 e. The molecule has 32 nitrogen and oxygen atoms in total. The van der Waals surface area contributed by atoms with Gasteiger partial charge in [0.1, 0.15) is 36.6 Å². The summed E-state index contributed by atoms with van der Waals surface area (Å²) in [4.78, 5) is -2.96. The molecule has 10 atom stereocenters. The van der Waals surface area contributed by atoms with Crippen LogP contribution in [-0.2, 0) is 121 Å². The standard InChI is InChI=1S/C18H27NO31S8/c19-8-3-1-7(2-4-8)18(51)16(50-58(38,39)40)14(48-56(32,33)34)11(10(45-18)6-42-53(23,24)25)44-17-15(49-57(35,36)37)13(47-55(29,30)31)12(46-54(26,27)28)9(43-17)5-41-52(20,21)22/h1-4,9-17,51H,5-6,19H2,(H,20,21,22)(H,23,24,25)(H,26,27,28)(H,29,30,31)(H,32,33,34)(H,35,36,37)(H,38,39,40)/t9-,10-,11-,12-,13+,14+,15-,16-,17+,18+/m1/s1. The lowest BCUT2D eigenvalue weighted by Crippen LogP contribution is -2.68. The summed E-state index contributed by atoms with van der Waals surface area (Å²) in [5.74, 6) is 0. The van der Waals surface area contributed by atoms with Gasteiger partial charge < -0.3 is 19.9 Å². The fourth-order valence-electron chi connectivity index (χ4n) is 5.05. The first-order valence-electron chi connectivity index (χ1n) is 13.9. The van der Waals surface area contributed by atoms with E-state index in [9.17, 15) is 86.2 Å². The molecule has 0 radical (unpaired) electrons. The molecule has 40 heteroatoms. The van der Waals surface area contributed by atoms with Crippen molar-refractivity contribution in [1.29, 1.82) is 0 Å². The van der Waals surface area contributed by atoms with E-state index in [0.717, 1.165) is 24.3 Å². The number of ether oxygens (including phenoxy) is 3. The van der Waals surface area contributed by atoms with Crippen molar-refractivity contribution in [2.75, 3.05) is 18.9 Å². The summed E-state index contributed by atoms with van der Waals surface area (Å²) < 4.78 is 278. The van der Waals surface area contributed by atoms with Gasteiger partial charge >= 0.3 is 72.8 Å². The molecular weight excluding hydrogens is 983 g/mol. The predicted octanol–water partition coefficient (Wildman–Crippen LogP) is -4.56. The molecule has 0 aliphatic carbocycles. The molecule has 2 saturated heterocycles. The Balaban J connectivity index is 2.43. The average Bonchev–Trinajstić information content (AvgIpc) is 2.98. The van der Waals surface area contributed by atoms with Gasteiger partial charge in [0.05, 0.1) is 13.2 Å². The molecule has 0 amide bonds. The van der Waals surface area contributed by atoms with E-state index in [1.165, 1.54) is 0 Å². The molecule has 2 fully saturated rings. The van der Waals surface area contributed by atoms with Crippen molar-refractivity contribution >= 4 is 91.1 Å². The second-order valence-corrected chi connectivity index (χ2v) is 19.0. The molecule has 2 aliphatic heterocycles. The predicted molar refractivity (Wildman–Crippen MR) is 177 cm³/mol. The topological polar surface area (TPSA) is 499 Å². The Morgan fingerprint density at radius 1 is 0.534 bits per heavy atom. The van der Waals surface area contributed by atoms with Crippen molar-refractivity contribution in [3.05, 3.63) is 29.8 Å². The highest BCUT2D eigenvalue weighted by molar-refractivity contribution is 7.82. The summed E-state index contributed by atoms with van der Waals surface area (Å²) in [6.45, 7) is -3.56. The molecule has 0 unspecified atom stereocenters. The number of nitrogen functional groups attached to an aromatic ring is 1. The molecule has 0 aromatic heterocycles. The molecule has 338 valence electrons. The van der Waals surface area contributed by atoms with E-state index in [0.29, 0.717) is 0 Å². The van der Waals surface area contributed by atoms with Gasteiger partial charge in [-0.1, -0.05) is 12.1 Å². The minimum Gasteiger partial charge on any atom is -0.399 e. The lowest BCUT2D eigenvalue weighted by molar-refractivity contribution is -0.333. The van der Waals surface area contributed by atoms with E-state index in [1.807, 2.05) is 0 Å². The zero-order chi connectivity index (χ0) is 44.7. The summed E-state index contributed by atoms with van der Waals surface area (Å²) in [5, 5.41) is 0. The van der Waals surface area contributed by atoms with Crippen LogP contribution in [0.3, 0.4) is 0 Å². The third kappa shape index (κ3) is 16.0. The molecule has 58 heavy (non-hydrogen) atoms. The molecule has 9 N–H and O–H groups in total. The molecule has 1 aromatic carbocycles. The fourth-order valence-corrected chi connectivity index (χ4v) is 8.71. The number of rotatable bonds is 19. The van der Waals surface area contributed by atoms with Crippen molar-refractivity contribution in [1.82, 2.24) is 0 Å². The second-order valence-electron chi connectivity index (χ2n) is 10.9. The second kappa shape index (κ2) is 18.0. The highest BCUT2D eigenvalue weighted by atomic mass is 32.3. The molecule has 2 heterocycles. The van der Waals surface area contributed by atoms with Crippen LogP contribution < -0.4 is 5.73 Å². The summed E-state index contributed by atoms with van der Waals surface area (Å²) >= 11 is 4.16. The Kier molecular flexibility index (Phi) is 15.7. The molecular formula is C18H27NO31S8. The number of hydrogen-bond donors (Lipinski definition) is 9. The van der Waals surface area contributed by atoms with Crippen molar-refractivity contribution in [2.45, 2.75) is 60.1 Å². The zero-order valence-electron chi connectivity index (χ0n) is 27.2. The smallest absolute Gasteiger partial charge is 0.397 e. The number of hydrogen-bond acceptors (Lipinski definition) is 26. The zero-order valence-corrected chi connectivity index (χ0v) is 33.8. The highest BCUT2D eigenvalue weighted by Gasteiger charge is 2.62. The van der Waals surface area contributed by atoms with Gasteiger partial charge in [-0.2, -0.15) is 58.9 Å². The first-order chi connectivity index (χ1) is 25.8. The third-order valence-corrected chi connectivity index (χ3v) is 10.6. The number of benzene rings is 1. The largest absolute Gasteiger partial charge is 0.399 e. The van der Waals surface area contributed by atoms with Crippen LogP contribution in [0.1, 0.15) is 5.56 Å². The van der Waals surface area contributed by atoms with Crippen LogP contribution in [0.4, 0.5) is 5.69 Å². The Bertz CT molecular complexity index is 2420. The van der Waals surface area contributed by atoms with Crippen LogP contribution in [0.25, 0.3) is 0 Å². The SMILES string of the molecule is Nc1ccc([C@@]2(S)O[C@H](COS(=O)(=O)O)[C@@H](O[C@@H]3O[C@H](COS(=O)(=O)O)[C@@H](OS(=O)(=O)O)[C@H](OS(=O)(=O)O)[C@H]3OS(=O)(=O)O)[C@H](OS(=O)(=O)O)[C@H]2OS(=O)(=O)O)cc1. The van der Waals surface area contributed by atoms with Crippen LogP contribution in [0, 0.1) is 0 Å². The van der Waals surface area contributed by atoms with E-state index in [-0.39, 0.29) is 5.69 Å². The van der Waals surface area contributed by atoms with Gasteiger partial charge in [-0.15, -0.1) is 12.6 Å². The van der Waals surface area contributed by atoms with Crippen molar-refractivity contribution in [3.8, 4) is 0 Å². The third-order valence-electron chi connectivity index (χ3n) is 6.83. The van der Waals surface area contributed by atoms with Gasteiger partial charge in [0.15, 0.2) is 23.4 Å². The van der Waals surface area contributed by atoms with Gasteiger partial charge in [0, 0.05) is 5.69 Å².